The molecule has 0 radical (unpaired) electrons. The number of hydrogen-bond acceptors (Lipinski definition) is 5. The molecule has 2 aliphatic heterocycles. The van der Waals surface area contributed by atoms with Gasteiger partial charge in [0.25, 0.3) is 5.91 Å². The Morgan fingerprint density at radius 2 is 1.86 bits per heavy atom. The highest BCUT2D eigenvalue weighted by Gasteiger charge is 2.35. The molecule has 2 aliphatic rings. The van der Waals surface area contributed by atoms with Crippen LogP contribution >= 0.6 is 11.6 Å². The van der Waals surface area contributed by atoms with Gasteiger partial charge >= 0.3 is 6.03 Å². The van der Waals surface area contributed by atoms with Crippen LogP contribution in [0.1, 0.15) is 37.4 Å². The highest BCUT2D eigenvalue weighted by Crippen LogP contribution is 2.34. The molecular formula is C27H33ClFN5O3. The molecule has 10 heteroatoms. The highest BCUT2D eigenvalue weighted by atomic mass is 35.5. The van der Waals surface area contributed by atoms with Crippen LogP contribution in [0.25, 0.3) is 0 Å². The summed E-state index contributed by atoms with van der Waals surface area (Å²) in [6, 6.07) is 12.8. The third kappa shape index (κ3) is 7.06. The van der Waals surface area contributed by atoms with Crippen LogP contribution in [-0.2, 0) is 9.53 Å². The van der Waals surface area contributed by atoms with Crippen molar-refractivity contribution in [3.05, 3.63) is 70.5 Å². The SMILES string of the molecule is CC(C)NC(=O)N(CCN1CCOCC1)CC(=O)N1N=C(c2ccccc2F)C[C@H]1c1ccc(Cl)cc1. The predicted octanol–water partition coefficient (Wildman–Crippen LogP) is 3.91. The fourth-order valence-corrected chi connectivity index (χ4v) is 4.58. The van der Waals surface area contributed by atoms with Crippen molar-refractivity contribution in [3.63, 3.8) is 0 Å². The maximum absolute atomic E-state index is 14.6. The van der Waals surface area contributed by atoms with Crippen molar-refractivity contribution in [2.24, 2.45) is 5.10 Å². The van der Waals surface area contributed by atoms with Gasteiger partial charge < -0.3 is 15.0 Å². The number of nitrogens with zero attached hydrogens (tertiary/aromatic N) is 4. The molecule has 8 nitrogen and oxygen atoms in total. The van der Waals surface area contributed by atoms with Gasteiger partial charge in [-0.2, -0.15) is 5.10 Å². The number of urea groups is 1. The van der Waals surface area contributed by atoms with Crippen LogP contribution in [0.4, 0.5) is 9.18 Å². The summed E-state index contributed by atoms with van der Waals surface area (Å²) < 4.78 is 20.0. The number of rotatable bonds is 8. The molecular weight excluding hydrogens is 497 g/mol. The van der Waals surface area contributed by atoms with Crippen molar-refractivity contribution in [2.75, 3.05) is 45.9 Å². The van der Waals surface area contributed by atoms with E-state index >= 15 is 0 Å². The van der Waals surface area contributed by atoms with Crippen molar-refractivity contribution >= 4 is 29.3 Å². The molecule has 2 aromatic rings. The summed E-state index contributed by atoms with van der Waals surface area (Å²) >= 11 is 6.08. The molecule has 3 amide bonds. The van der Waals surface area contributed by atoms with Gasteiger partial charge in [0, 0.05) is 49.2 Å². The molecule has 0 aromatic heterocycles. The van der Waals surface area contributed by atoms with E-state index in [9.17, 15) is 14.0 Å². The van der Waals surface area contributed by atoms with Crippen LogP contribution in [-0.4, -0.2) is 84.4 Å². The van der Waals surface area contributed by atoms with Gasteiger partial charge in [-0.1, -0.05) is 41.9 Å². The second kappa shape index (κ2) is 12.5. The minimum atomic E-state index is -0.436. The number of carbonyl (C=O) groups excluding carboxylic acids is 2. The number of amides is 3. The maximum Gasteiger partial charge on any atom is 0.318 e. The Balaban J connectivity index is 1.56. The Labute approximate surface area is 222 Å². The minimum Gasteiger partial charge on any atom is -0.379 e. The molecule has 0 spiro atoms. The Morgan fingerprint density at radius 1 is 1.16 bits per heavy atom. The van der Waals surface area contributed by atoms with Crippen LogP contribution < -0.4 is 5.32 Å². The molecule has 1 atom stereocenters. The molecule has 0 aliphatic carbocycles. The average Bonchev–Trinajstić information content (AvgIpc) is 3.32. The number of carbonyl (C=O) groups is 2. The lowest BCUT2D eigenvalue weighted by atomic mass is 9.98. The normalized spacial score (nSPS) is 18.1. The van der Waals surface area contributed by atoms with Crippen molar-refractivity contribution in [3.8, 4) is 0 Å². The number of hydrogen-bond donors (Lipinski definition) is 1. The van der Waals surface area contributed by atoms with E-state index in [-0.39, 0.29) is 24.5 Å². The molecule has 1 N–H and O–H groups in total. The lowest BCUT2D eigenvalue weighted by molar-refractivity contribution is -0.133. The Kier molecular flexibility index (Phi) is 9.13. The van der Waals surface area contributed by atoms with E-state index in [1.54, 1.807) is 30.3 Å². The van der Waals surface area contributed by atoms with E-state index in [0.29, 0.717) is 49.0 Å². The molecule has 2 aromatic carbocycles. The smallest absolute Gasteiger partial charge is 0.318 e. The quantitative estimate of drug-likeness (QED) is 0.562. The number of ether oxygens (including phenoxy) is 1. The lowest BCUT2D eigenvalue weighted by Gasteiger charge is -2.31. The van der Waals surface area contributed by atoms with Gasteiger partial charge in [0.15, 0.2) is 0 Å². The fraction of sp³-hybridized carbons (Fsp3) is 0.444. The lowest BCUT2D eigenvalue weighted by Crippen LogP contribution is -2.50. The minimum absolute atomic E-state index is 0.0761. The van der Waals surface area contributed by atoms with Gasteiger partial charge in [-0.3, -0.25) is 9.69 Å². The summed E-state index contributed by atoms with van der Waals surface area (Å²) in [5.74, 6) is -0.735. The Morgan fingerprint density at radius 3 is 2.54 bits per heavy atom. The molecule has 0 unspecified atom stereocenters. The zero-order valence-electron chi connectivity index (χ0n) is 21.2. The fourth-order valence-electron chi connectivity index (χ4n) is 4.46. The van der Waals surface area contributed by atoms with Gasteiger partial charge in [-0.25, -0.2) is 14.2 Å². The van der Waals surface area contributed by atoms with E-state index < -0.39 is 11.9 Å². The second-order valence-corrected chi connectivity index (χ2v) is 9.95. The summed E-state index contributed by atoms with van der Waals surface area (Å²) in [6.07, 6.45) is 0.347. The molecule has 1 saturated heterocycles. The zero-order chi connectivity index (χ0) is 26.4. The van der Waals surface area contributed by atoms with Crippen molar-refractivity contribution < 1.29 is 18.7 Å². The van der Waals surface area contributed by atoms with Crippen LogP contribution in [0.15, 0.2) is 53.6 Å². The van der Waals surface area contributed by atoms with Gasteiger partial charge in [-0.15, -0.1) is 0 Å². The first kappa shape index (κ1) is 27.0. The van der Waals surface area contributed by atoms with Crippen LogP contribution in [0.5, 0.6) is 0 Å². The van der Waals surface area contributed by atoms with Gasteiger partial charge in [0.1, 0.15) is 12.4 Å². The summed E-state index contributed by atoms with van der Waals surface area (Å²) in [7, 11) is 0. The molecule has 1 fully saturated rings. The molecule has 37 heavy (non-hydrogen) atoms. The number of halogens is 2. The third-order valence-electron chi connectivity index (χ3n) is 6.42. The number of benzene rings is 2. The first-order chi connectivity index (χ1) is 17.8. The number of hydrazone groups is 1. The maximum atomic E-state index is 14.6. The Hall–Kier alpha value is -3.01. The van der Waals surface area contributed by atoms with Crippen LogP contribution in [0.3, 0.4) is 0 Å². The molecule has 0 saturated carbocycles. The van der Waals surface area contributed by atoms with E-state index in [2.05, 4.69) is 15.3 Å². The standard InChI is InChI=1S/C27H33ClFN5O3/c1-19(2)30-27(36)33(12-11-32-13-15-37-16-14-32)18-26(35)34-25(20-7-9-21(28)10-8-20)17-24(31-34)22-5-3-4-6-23(22)29/h3-10,19,25H,11-18H2,1-2H3,(H,30,36)/t25-/m0/s1. The first-order valence-electron chi connectivity index (χ1n) is 12.6. The molecule has 4 rings (SSSR count). The predicted molar refractivity (Wildman–Crippen MR) is 141 cm³/mol. The highest BCUT2D eigenvalue weighted by molar-refractivity contribution is 6.30. The zero-order valence-corrected chi connectivity index (χ0v) is 22.0. The second-order valence-electron chi connectivity index (χ2n) is 9.52. The van der Waals surface area contributed by atoms with Crippen LogP contribution in [0.2, 0.25) is 5.02 Å². The van der Waals surface area contributed by atoms with Crippen molar-refractivity contribution in [1.82, 2.24) is 20.1 Å². The third-order valence-corrected chi connectivity index (χ3v) is 6.67. The van der Waals surface area contributed by atoms with E-state index in [4.69, 9.17) is 16.3 Å². The largest absolute Gasteiger partial charge is 0.379 e. The monoisotopic (exact) mass is 529 g/mol. The van der Waals surface area contributed by atoms with Crippen molar-refractivity contribution in [2.45, 2.75) is 32.4 Å². The van der Waals surface area contributed by atoms with E-state index in [0.717, 1.165) is 18.7 Å². The summed E-state index contributed by atoms with van der Waals surface area (Å²) in [5.41, 5.74) is 1.68. The summed E-state index contributed by atoms with van der Waals surface area (Å²) in [5, 5.41) is 9.42. The van der Waals surface area contributed by atoms with E-state index in [1.807, 2.05) is 26.0 Å². The topological polar surface area (TPSA) is 77.5 Å². The van der Waals surface area contributed by atoms with Gasteiger partial charge in [0.2, 0.25) is 0 Å². The van der Waals surface area contributed by atoms with E-state index in [1.165, 1.54) is 16.0 Å². The molecule has 0 bridgehead atoms. The van der Waals surface area contributed by atoms with Gasteiger partial charge in [-0.05, 0) is 37.6 Å². The summed E-state index contributed by atoms with van der Waals surface area (Å²) in [6.45, 7) is 7.50. The average molecular weight is 530 g/mol. The van der Waals surface area contributed by atoms with Gasteiger partial charge in [0.05, 0.1) is 25.0 Å². The molecule has 2 heterocycles. The van der Waals surface area contributed by atoms with Crippen LogP contribution in [0, 0.1) is 5.82 Å². The Bertz CT molecular complexity index is 1120. The number of nitrogens with one attached hydrogen (secondary N) is 1. The number of morpholine rings is 1. The first-order valence-corrected chi connectivity index (χ1v) is 12.9. The van der Waals surface area contributed by atoms with Crippen molar-refractivity contribution in [1.29, 1.82) is 0 Å². The summed E-state index contributed by atoms with van der Waals surface area (Å²) in [4.78, 5) is 30.4. The molecule has 198 valence electrons.